The fraction of sp³-hybridized carbons (Fsp3) is 0.222. The van der Waals surface area contributed by atoms with Crippen LogP contribution in [0.4, 0.5) is 0 Å². The van der Waals surface area contributed by atoms with Crippen molar-refractivity contribution in [2.45, 2.75) is 5.75 Å². The van der Waals surface area contributed by atoms with Gasteiger partial charge in [0, 0.05) is 0 Å². The van der Waals surface area contributed by atoms with Crippen molar-refractivity contribution in [3.05, 3.63) is 35.9 Å². The van der Waals surface area contributed by atoms with Crippen molar-refractivity contribution < 1.29 is 13.2 Å². The van der Waals surface area contributed by atoms with Crippen LogP contribution in [0.3, 0.4) is 0 Å². The van der Waals surface area contributed by atoms with E-state index in [1.54, 1.807) is 24.3 Å². The maximum Gasteiger partial charge on any atom is 0.216 e. The summed E-state index contributed by atoms with van der Waals surface area (Å²) in [5, 5.41) is 0. The number of carbonyl (C=O) groups excluding carboxylic acids is 1. The molecule has 0 atom stereocenters. The summed E-state index contributed by atoms with van der Waals surface area (Å²) in [6.07, 6.45) is 1.47. The normalized spacial score (nSPS) is 11.1. The van der Waals surface area contributed by atoms with Crippen LogP contribution in [0.2, 0.25) is 0 Å². The quantitative estimate of drug-likeness (QED) is 0.759. The average Bonchev–Trinajstić information content (AvgIpc) is 2.16. The summed E-state index contributed by atoms with van der Waals surface area (Å²) in [5.41, 5.74) is 0.686. The maximum atomic E-state index is 11.3. The molecule has 1 rings (SSSR count). The van der Waals surface area contributed by atoms with Crippen molar-refractivity contribution in [1.82, 2.24) is 4.72 Å². The van der Waals surface area contributed by atoms with E-state index in [0.717, 1.165) is 0 Å². The number of hydrogen-bond donors (Lipinski definition) is 1. The number of hydrogen-bond acceptors (Lipinski definition) is 3. The van der Waals surface area contributed by atoms with E-state index in [0.29, 0.717) is 5.56 Å². The molecule has 0 aliphatic rings. The Bertz CT molecular complexity index is 386. The number of sulfonamides is 1. The highest BCUT2D eigenvalue weighted by Crippen LogP contribution is 2.03. The van der Waals surface area contributed by atoms with Crippen LogP contribution < -0.4 is 4.72 Å². The lowest BCUT2D eigenvalue weighted by atomic mass is 10.2. The molecule has 0 heterocycles. The Morgan fingerprint density at radius 3 is 2.43 bits per heavy atom. The molecule has 0 saturated carbocycles. The lowest BCUT2D eigenvalue weighted by Crippen LogP contribution is -2.26. The Labute approximate surface area is 83.0 Å². The first kappa shape index (κ1) is 10.9. The molecular weight excluding hydrogens is 202 g/mol. The van der Waals surface area contributed by atoms with Gasteiger partial charge in [-0.15, -0.1) is 0 Å². The molecule has 0 amide bonds. The molecule has 0 saturated heterocycles. The Balaban J connectivity index is 2.64. The van der Waals surface area contributed by atoms with Crippen molar-refractivity contribution in [3.63, 3.8) is 0 Å². The van der Waals surface area contributed by atoms with Gasteiger partial charge in [-0.1, -0.05) is 30.3 Å². The first-order chi connectivity index (χ1) is 6.64. The number of rotatable bonds is 5. The zero-order valence-corrected chi connectivity index (χ0v) is 8.25. The van der Waals surface area contributed by atoms with Gasteiger partial charge in [-0.3, -0.25) is 4.79 Å². The van der Waals surface area contributed by atoms with Gasteiger partial charge in [-0.05, 0) is 5.56 Å². The first-order valence-electron chi connectivity index (χ1n) is 4.00. The van der Waals surface area contributed by atoms with E-state index in [9.17, 15) is 13.2 Å². The highest BCUT2D eigenvalue weighted by molar-refractivity contribution is 7.88. The van der Waals surface area contributed by atoms with E-state index < -0.39 is 10.0 Å². The third-order valence-electron chi connectivity index (χ3n) is 1.56. The molecule has 0 spiro atoms. The van der Waals surface area contributed by atoms with E-state index in [-0.39, 0.29) is 12.3 Å². The van der Waals surface area contributed by atoms with E-state index in [4.69, 9.17) is 0 Å². The van der Waals surface area contributed by atoms with Crippen LogP contribution >= 0.6 is 0 Å². The van der Waals surface area contributed by atoms with Gasteiger partial charge in [0.1, 0.15) is 0 Å². The van der Waals surface area contributed by atoms with Crippen molar-refractivity contribution in [2.24, 2.45) is 0 Å². The third kappa shape index (κ3) is 3.68. The van der Waals surface area contributed by atoms with Crippen LogP contribution in [0.25, 0.3) is 0 Å². The largest absolute Gasteiger partial charge is 0.289 e. The summed E-state index contributed by atoms with van der Waals surface area (Å²) < 4.78 is 24.6. The summed E-state index contributed by atoms with van der Waals surface area (Å²) >= 11 is 0. The van der Waals surface area contributed by atoms with E-state index in [1.165, 1.54) is 6.29 Å². The Morgan fingerprint density at radius 1 is 1.21 bits per heavy atom. The molecule has 1 N–H and O–H groups in total. The second-order valence-corrected chi connectivity index (χ2v) is 4.52. The summed E-state index contributed by atoms with van der Waals surface area (Å²) in [6, 6.07) is 8.75. The highest BCUT2D eigenvalue weighted by Gasteiger charge is 2.09. The van der Waals surface area contributed by atoms with Crippen LogP contribution in [0.5, 0.6) is 0 Å². The van der Waals surface area contributed by atoms with Gasteiger partial charge >= 0.3 is 0 Å². The van der Waals surface area contributed by atoms with E-state index >= 15 is 0 Å². The molecule has 0 aromatic heterocycles. The Morgan fingerprint density at radius 2 is 1.86 bits per heavy atom. The Hall–Kier alpha value is -1.20. The highest BCUT2D eigenvalue weighted by atomic mass is 32.2. The SMILES string of the molecule is O=[C]CNS(=O)(=O)Cc1ccccc1. The van der Waals surface area contributed by atoms with Crippen LogP contribution in [0.15, 0.2) is 30.3 Å². The zero-order chi connectivity index (χ0) is 10.4. The second kappa shape index (κ2) is 4.88. The molecule has 0 fully saturated rings. The number of nitrogens with one attached hydrogen (secondary N) is 1. The van der Waals surface area contributed by atoms with Crippen molar-refractivity contribution in [1.29, 1.82) is 0 Å². The predicted molar refractivity (Wildman–Crippen MR) is 52.8 cm³/mol. The topological polar surface area (TPSA) is 63.2 Å². The van der Waals surface area contributed by atoms with Crippen LogP contribution in [-0.4, -0.2) is 21.2 Å². The molecule has 0 aliphatic heterocycles. The molecule has 0 aliphatic carbocycles. The van der Waals surface area contributed by atoms with Crippen molar-refractivity contribution in [3.8, 4) is 0 Å². The summed E-state index contributed by atoms with van der Waals surface area (Å²) in [5.74, 6) is -0.116. The monoisotopic (exact) mass is 212 g/mol. The van der Waals surface area contributed by atoms with Crippen molar-refractivity contribution >= 4 is 16.3 Å². The smallest absolute Gasteiger partial charge is 0.216 e. The molecule has 1 radical (unpaired) electrons. The van der Waals surface area contributed by atoms with E-state index in [2.05, 4.69) is 4.72 Å². The van der Waals surface area contributed by atoms with Crippen molar-refractivity contribution in [2.75, 3.05) is 6.54 Å². The molecular formula is C9H10NO3S. The Kier molecular flexibility index (Phi) is 3.79. The first-order valence-corrected chi connectivity index (χ1v) is 5.65. The van der Waals surface area contributed by atoms with Crippen LogP contribution in [-0.2, 0) is 20.6 Å². The average molecular weight is 212 g/mol. The second-order valence-electron chi connectivity index (χ2n) is 2.71. The molecule has 4 nitrogen and oxygen atoms in total. The molecule has 5 heteroatoms. The zero-order valence-electron chi connectivity index (χ0n) is 7.43. The van der Waals surface area contributed by atoms with Crippen LogP contribution in [0.1, 0.15) is 5.56 Å². The summed E-state index contributed by atoms with van der Waals surface area (Å²) in [6.45, 7) is -0.296. The van der Waals surface area contributed by atoms with Gasteiger partial charge in [-0.2, -0.15) is 0 Å². The summed E-state index contributed by atoms with van der Waals surface area (Å²) in [7, 11) is -3.41. The fourth-order valence-electron chi connectivity index (χ4n) is 0.984. The third-order valence-corrected chi connectivity index (χ3v) is 2.86. The van der Waals surface area contributed by atoms with Gasteiger partial charge in [0.15, 0.2) is 0 Å². The van der Waals surface area contributed by atoms with Crippen LogP contribution in [0, 0.1) is 0 Å². The minimum Gasteiger partial charge on any atom is -0.289 e. The lowest BCUT2D eigenvalue weighted by Gasteiger charge is -2.02. The maximum absolute atomic E-state index is 11.3. The molecule has 75 valence electrons. The molecule has 1 aromatic rings. The molecule has 1 aromatic carbocycles. The predicted octanol–water partition coefficient (Wildman–Crippen LogP) is 0.216. The minimum atomic E-state index is -3.41. The van der Waals surface area contributed by atoms with Gasteiger partial charge in [0.05, 0.1) is 12.3 Å². The molecule has 0 bridgehead atoms. The van der Waals surface area contributed by atoms with Gasteiger partial charge in [-0.25, -0.2) is 13.1 Å². The fourth-order valence-corrected chi connectivity index (χ4v) is 2.00. The van der Waals surface area contributed by atoms with Gasteiger partial charge in [0.2, 0.25) is 16.3 Å². The molecule has 0 unspecified atom stereocenters. The number of benzene rings is 1. The van der Waals surface area contributed by atoms with Gasteiger partial charge < -0.3 is 0 Å². The standard InChI is InChI=1S/C9H10NO3S/c11-7-6-10-14(12,13)8-9-4-2-1-3-5-9/h1-5,10H,6,8H2. The van der Waals surface area contributed by atoms with Gasteiger partial charge in [0.25, 0.3) is 0 Å². The van der Waals surface area contributed by atoms with E-state index in [1.807, 2.05) is 6.07 Å². The molecule has 14 heavy (non-hydrogen) atoms. The minimum absolute atomic E-state index is 0.116. The lowest BCUT2D eigenvalue weighted by molar-refractivity contribution is 0.550. The summed E-state index contributed by atoms with van der Waals surface area (Å²) in [4.78, 5) is 9.85.